The van der Waals surface area contributed by atoms with Crippen molar-refractivity contribution in [2.45, 2.75) is 13.8 Å². The number of hydrogen-bond acceptors (Lipinski definition) is 5. The molecule has 0 amide bonds. The minimum atomic E-state index is 0.543. The first-order chi connectivity index (χ1) is 13.0. The van der Waals surface area contributed by atoms with E-state index in [4.69, 9.17) is 9.47 Å². The Balaban J connectivity index is 1.84. The molecule has 0 aliphatic carbocycles. The molecule has 1 aliphatic heterocycles. The predicted octanol–water partition coefficient (Wildman–Crippen LogP) is 1.96. The molecule has 1 heterocycles. The quantitative estimate of drug-likeness (QED) is 0.534. The van der Waals surface area contributed by atoms with Crippen molar-refractivity contribution in [3.8, 4) is 11.5 Å². The SMILES string of the molecule is CCOc1cc(NC(=NC)NCC(C)CN2CCN(C)CC2)ccc1OC. The van der Waals surface area contributed by atoms with E-state index in [1.54, 1.807) is 14.2 Å². The van der Waals surface area contributed by atoms with Crippen LogP contribution in [0, 0.1) is 5.92 Å². The lowest BCUT2D eigenvalue weighted by atomic mass is 10.1. The Morgan fingerprint density at radius 1 is 1.22 bits per heavy atom. The van der Waals surface area contributed by atoms with Crippen molar-refractivity contribution in [3.05, 3.63) is 18.2 Å². The first kappa shape index (κ1) is 21.3. The molecule has 0 spiro atoms. The fourth-order valence-corrected chi connectivity index (χ4v) is 3.15. The molecule has 0 bridgehead atoms. The number of rotatable bonds is 8. The third-order valence-electron chi connectivity index (χ3n) is 4.73. The van der Waals surface area contributed by atoms with Crippen molar-refractivity contribution in [1.82, 2.24) is 15.1 Å². The highest BCUT2D eigenvalue weighted by atomic mass is 16.5. The van der Waals surface area contributed by atoms with Crippen LogP contribution in [0.4, 0.5) is 5.69 Å². The summed E-state index contributed by atoms with van der Waals surface area (Å²) in [5.74, 6) is 2.75. The second-order valence-corrected chi connectivity index (χ2v) is 7.09. The normalized spacial score (nSPS) is 17.4. The van der Waals surface area contributed by atoms with Crippen LogP contribution >= 0.6 is 0 Å². The number of ether oxygens (including phenoxy) is 2. The molecule has 1 atom stereocenters. The molecular formula is C20H35N5O2. The maximum atomic E-state index is 5.64. The summed E-state index contributed by atoms with van der Waals surface area (Å²) in [5.41, 5.74) is 0.916. The first-order valence-electron chi connectivity index (χ1n) is 9.75. The smallest absolute Gasteiger partial charge is 0.195 e. The highest BCUT2D eigenvalue weighted by Crippen LogP contribution is 2.30. The topological polar surface area (TPSA) is 61.4 Å². The summed E-state index contributed by atoms with van der Waals surface area (Å²) < 4.78 is 11.0. The van der Waals surface area contributed by atoms with Crippen LogP contribution in [0.3, 0.4) is 0 Å². The van der Waals surface area contributed by atoms with E-state index in [1.165, 1.54) is 0 Å². The van der Waals surface area contributed by atoms with E-state index in [0.29, 0.717) is 12.5 Å². The van der Waals surface area contributed by atoms with Crippen LogP contribution in [0.25, 0.3) is 0 Å². The van der Waals surface area contributed by atoms with Crippen molar-refractivity contribution in [2.24, 2.45) is 10.9 Å². The lowest BCUT2D eigenvalue weighted by Crippen LogP contribution is -2.47. The Hall–Kier alpha value is -1.99. The van der Waals surface area contributed by atoms with Crippen molar-refractivity contribution < 1.29 is 9.47 Å². The molecule has 1 unspecified atom stereocenters. The van der Waals surface area contributed by atoms with Gasteiger partial charge in [0.25, 0.3) is 0 Å². The number of aliphatic imine (C=N–C) groups is 1. The van der Waals surface area contributed by atoms with Crippen LogP contribution < -0.4 is 20.1 Å². The van der Waals surface area contributed by atoms with E-state index < -0.39 is 0 Å². The molecule has 0 aromatic heterocycles. The van der Waals surface area contributed by atoms with Crippen LogP contribution in [-0.4, -0.2) is 82.8 Å². The summed E-state index contributed by atoms with van der Waals surface area (Å²) in [4.78, 5) is 9.26. The van der Waals surface area contributed by atoms with E-state index in [0.717, 1.165) is 62.4 Å². The maximum Gasteiger partial charge on any atom is 0.195 e. The zero-order chi connectivity index (χ0) is 19.6. The van der Waals surface area contributed by atoms with E-state index in [9.17, 15) is 0 Å². The molecule has 1 aromatic rings. The van der Waals surface area contributed by atoms with E-state index in [-0.39, 0.29) is 0 Å². The van der Waals surface area contributed by atoms with E-state index >= 15 is 0 Å². The molecule has 7 heteroatoms. The zero-order valence-electron chi connectivity index (χ0n) is 17.4. The van der Waals surface area contributed by atoms with Gasteiger partial charge in [-0.3, -0.25) is 4.99 Å². The van der Waals surface area contributed by atoms with Gasteiger partial charge in [-0.1, -0.05) is 6.92 Å². The van der Waals surface area contributed by atoms with Crippen molar-refractivity contribution in [3.63, 3.8) is 0 Å². The summed E-state index contributed by atoms with van der Waals surface area (Å²) in [6.07, 6.45) is 0. The van der Waals surface area contributed by atoms with Gasteiger partial charge in [-0.05, 0) is 32.0 Å². The molecule has 1 fully saturated rings. The lowest BCUT2D eigenvalue weighted by Gasteiger charge is -2.34. The van der Waals surface area contributed by atoms with Gasteiger partial charge in [0.2, 0.25) is 0 Å². The summed E-state index contributed by atoms with van der Waals surface area (Å²) >= 11 is 0. The second kappa shape index (κ2) is 11.0. The lowest BCUT2D eigenvalue weighted by molar-refractivity contribution is 0.139. The minimum Gasteiger partial charge on any atom is -0.493 e. The molecule has 27 heavy (non-hydrogen) atoms. The van der Waals surface area contributed by atoms with Gasteiger partial charge in [0, 0.05) is 58.1 Å². The van der Waals surface area contributed by atoms with Gasteiger partial charge in [0.05, 0.1) is 13.7 Å². The van der Waals surface area contributed by atoms with Gasteiger partial charge in [-0.15, -0.1) is 0 Å². The van der Waals surface area contributed by atoms with Gasteiger partial charge in [0.15, 0.2) is 17.5 Å². The Morgan fingerprint density at radius 2 is 1.96 bits per heavy atom. The zero-order valence-corrected chi connectivity index (χ0v) is 17.4. The van der Waals surface area contributed by atoms with Crippen LogP contribution in [0.5, 0.6) is 11.5 Å². The number of benzene rings is 1. The standard InChI is InChI=1S/C20H35N5O2/c1-6-27-19-13-17(7-8-18(19)26-5)23-20(21-3)22-14-16(2)15-25-11-9-24(4)10-12-25/h7-8,13,16H,6,9-12,14-15H2,1-5H3,(H2,21,22,23). The maximum absolute atomic E-state index is 5.64. The molecule has 0 radical (unpaired) electrons. The summed E-state index contributed by atoms with van der Waals surface area (Å²) in [6.45, 7) is 11.4. The largest absolute Gasteiger partial charge is 0.493 e. The highest BCUT2D eigenvalue weighted by Gasteiger charge is 2.16. The van der Waals surface area contributed by atoms with Gasteiger partial charge < -0.3 is 29.9 Å². The average Bonchev–Trinajstić information content (AvgIpc) is 2.67. The van der Waals surface area contributed by atoms with Crippen LogP contribution in [0.1, 0.15) is 13.8 Å². The number of nitrogens with one attached hydrogen (secondary N) is 2. The predicted molar refractivity (Wildman–Crippen MR) is 112 cm³/mol. The van der Waals surface area contributed by atoms with Gasteiger partial charge >= 0.3 is 0 Å². The number of likely N-dealkylation sites (N-methyl/N-ethyl adjacent to an activating group) is 1. The highest BCUT2D eigenvalue weighted by molar-refractivity contribution is 5.93. The molecular weight excluding hydrogens is 342 g/mol. The van der Waals surface area contributed by atoms with Crippen molar-refractivity contribution in [2.75, 3.05) is 72.4 Å². The van der Waals surface area contributed by atoms with Gasteiger partial charge in [-0.2, -0.15) is 0 Å². The Morgan fingerprint density at radius 3 is 2.59 bits per heavy atom. The molecule has 1 saturated heterocycles. The summed E-state index contributed by atoms with van der Waals surface area (Å²) in [7, 11) is 5.62. The number of methoxy groups -OCH3 is 1. The number of hydrogen-bond donors (Lipinski definition) is 2. The van der Waals surface area contributed by atoms with Crippen LogP contribution in [0.15, 0.2) is 23.2 Å². The number of guanidine groups is 1. The fourth-order valence-electron chi connectivity index (χ4n) is 3.15. The molecule has 2 N–H and O–H groups in total. The summed E-state index contributed by atoms with van der Waals surface area (Å²) in [5, 5.41) is 6.75. The third-order valence-corrected chi connectivity index (χ3v) is 4.73. The van der Waals surface area contributed by atoms with Gasteiger partial charge in [-0.25, -0.2) is 0 Å². The molecule has 152 valence electrons. The van der Waals surface area contributed by atoms with E-state index in [1.807, 2.05) is 25.1 Å². The van der Waals surface area contributed by atoms with Crippen molar-refractivity contribution >= 4 is 11.6 Å². The van der Waals surface area contributed by atoms with Crippen LogP contribution in [-0.2, 0) is 0 Å². The molecule has 0 saturated carbocycles. The van der Waals surface area contributed by atoms with Crippen molar-refractivity contribution in [1.29, 1.82) is 0 Å². The van der Waals surface area contributed by atoms with Gasteiger partial charge in [0.1, 0.15) is 0 Å². The second-order valence-electron chi connectivity index (χ2n) is 7.09. The van der Waals surface area contributed by atoms with Crippen LogP contribution in [0.2, 0.25) is 0 Å². The fraction of sp³-hybridized carbons (Fsp3) is 0.650. The molecule has 2 rings (SSSR count). The third kappa shape index (κ3) is 6.92. The van der Waals surface area contributed by atoms with E-state index in [2.05, 4.69) is 39.4 Å². The molecule has 1 aromatic carbocycles. The number of anilines is 1. The summed E-state index contributed by atoms with van der Waals surface area (Å²) in [6, 6.07) is 5.79. The average molecular weight is 378 g/mol. The minimum absolute atomic E-state index is 0.543. The molecule has 7 nitrogen and oxygen atoms in total. The number of piperazine rings is 1. The number of nitrogens with zero attached hydrogens (tertiary/aromatic N) is 3. The Labute approximate surface area is 163 Å². The Kier molecular flexibility index (Phi) is 8.67. The first-order valence-corrected chi connectivity index (χ1v) is 9.75. The Bertz CT molecular complexity index is 600. The monoisotopic (exact) mass is 377 g/mol. The molecule has 1 aliphatic rings.